The lowest BCUT2D eigenvalue weighted by Crippen LogP contribution is -2.14. The number of carbonyl (C=O) groups is 2. The van der Waals surface area contributed by atoms with E-state index in [1.165, 1.54) is 5.56 Å². The maximum Gasteiger partial charge on any atom is 0.224 e. The Morgan fingerprint density at radius 1 is 1.04 bits per heavy atom. The summed E-state index contributed by atoms with van der Waals surface area (Å²) in [4.78, 5) is 24.5. The standard InChI is InChI=1S/C21H22ClNO4/c1-2-14-4-6-15(7-5-14)18(24)8-9-21(25)23-17-13-20-19(12-16(17)22)26-10-3-11-27-20/h4-7,12-13H,2-3,8-11H2,1H3,(H,23,25). The molecular weight excluding hydrogens is 366 g/mol. The average molecular weight is 388 g/mol. The molecule has 1 heterocycles. The highest BCUT2D eigenvalue weighted by Gasteiger charge is 2.16. The highest BCUT2D eigenvalue weighted by atomic mass is 35.5. The molecule has 1 N–H and O–H groups in total. The molecular formula is C21H22ClNO4. The van der Waals surface area contributed by atoms with Crippen LogP contribution in [0.4, 0.5) is 5.69 Å². The van der Waals surface area contributed by atoms with Crippen molar-refractivity contribution in [1.29, 1.82) is 0 Å². The largest absolute Gasteiger partial charge is 0.490 e. The predicted octanol–water partition coefficient (Wildman–Crippen LogP) is 4.67. The molecule has 27 heavy (non-hydrogen) atoms. The molecule has 1 amide bonds. The number of Topliss-reactive ketones (excluding diaryl/α,β-unsaturated/α-hetero) is 1. The molecule has 0 radical (unpaired) electrons. The highest BCUT2D eigenvalue weighted by Crippen LogP contribution is 2.37. The third kappa shape index (κ3) is 5.01. The first-order valence-electron chi connectivity index (χ1n) is 9.08. The summed E-state index contributed by atoms with van der Waals surface area (Å²) in [6, 6.07) is 10.8. The lowest BCUT2D eigenvalue weighted by atomic mass is 10.0. The molecule has 0 aromatic heterocycles. The summed E-state index contributed by atoms with van der Waals surface area (Å²) in [5.74, 6) is 0.794. The molecule has 0 fully saturated rings. The molecule has 5 nitrogen and oxygen atoms in total. The van der Waals surface area contributed by atoms with Crippen molar-refractivity contribution >= 4 is 29.0 Å². The van der Waals surface area contributed by atoms with E-state index in [0.717, 1.165) is 12.8 Å². The second-order valence-corrected chi connectivity index (χ2v) is 6.76. The smallest absolute Gasteiger partial charge is 0.224 e. The summed E-state index contributed by atoms with van der Waals surface area (Å²) >= 11 is 6.23. The molecule has 0 saturated carbocycles. The van der Waals surface area contributed by atoms with E-state index < -0.39 is 0 Å². The van der Waals surface area contributed by atoms with Crippen molar-refractivity contribution in [3.63, 3.8) is 0 Å². The van der Waals surface area contributed by atoms with E-state index in [2.05, 4.69) is 12.2 Å². The van der Waals surface area contributed by atoms with Gasteiger partial charge in [0.15, 0.2) is 17.3 Å². The van der Waals surface area contributed by atoms with Crippen LogP contribution in [-0.4, -0.2) is 24.9 Å². The molecule has 3 rings (SSSR count). The molecule has 6 heteroatoms. The fraction of sp³-hybridized carbons (Fsp3) is 0.333. The lowest BCUT2D eigenvalue weighted by molar-refractivity contribution is -0.116. The van der Waals surface area contributed by atoms with E-state index in [-0.39, 0.29) is 24.5 Å². The first-order valence-corrected chi connectivity index (χ1v) is 9.45. The van der Waals surface area contributed by atoms with Gasteiger partial charge in [-0.3, -0.25) is 9.59 Å². The van der Waals surface area contributed by atoms with Crippen LogP contribution in [0, 0.1) is 0 Å². The van der Waals surface area contributed by atoms with Crippen LogP contribution in [0.2, 0.25) is 5.02 Å². The lowest BCUT2D eigenvalue weighted by Gasteiger charge is -2.12. The molecule has 2 aromatic carbocycles. The molecule has 0 aliphatic carbocycles. The van der Waals surface area contributed by atoms with Crippen molar-refractivity contribution in [2.24, 2.45) is 0 Å². The van der Waals surface area contributed by atoms with Gasteiger partial charge < -0.3 is 14.8 Å². The van der Waals surface area contributed by atoms with Crippen molar-refractivity contribution in [3.05, 3.63) is 52.5 Å². The maximum absolute atomic E-state index is 12.3. The fourth-order valence-electron chi connectivity index (χ4n) is 2.79. The van der Waals surface area contributed by atoms with Crippen molar-refractivity contribution in [3.8, 4) is 11.5 Å². The van der Waals surface area contributed by atoms with Crippen LogP contribution in [0.25, 0.3) is 0 Å². The Labute approximate surface area is 163 Å². The summed E-state index contributed by atoms with van der Waals surface area (Å²) in [5, 5.41) is 3.12. The monoisotopic (exact) mass is 387 g/mol. The van der Waals surface area contributed by atoms with Crippen LogP contribution in [0.1, 0.15) is 42.1 Å². The molecule has 0 unspecified atom stereocenters. The zero-order valence-corrected chi connectivity index (χ0v) is 16.0. The molecule has 0 bridgehead atoms. The number of nitrogens with one attached hydrogen (secondary N) is 1. The van der Waals surface area contributed by atoms with Gasteiger partial charge in [0.1, 0.15) is 0 Å². The minimum Gasteiger partial charge on any atom is -0.490 e. The number of halogens is 1. The normalized spacial score (nSPS) is 13.0. The maximum atomic E-state index is 12.3. The molecule has 0 atom stereocenters. The Kier molecular flexibility index (Phi) is 6.35. The van der Waals surface area contributed by atoms with Gasteiger partial charge in [-0.15, -0.1) is 0 Å². The Hall–Kier alpha value is -2.53. The van der Waals surface area contributed by atoms with Crippen LogP contribution in [0.3, 0.4) is 0 Å². The predicted molar refractivity (Wildman–Crippen MR) is 105 cm³/mol. The van der Waals surface area contributed by atoms with Gasteiger partial charge in [0.25, 0.3) is 0 Å². The number of anilines is 1. The van der Waals surface area contributed by atoms with E-state index in [1.54, 1.807) is 24.3 Å². The molecule has 1 aliphatic rings. The van der Waals surface area contributed by atoms with Gasteiger partial charge in [-0.05, 0) is 12.0 Å². The van der Waals surface area contributed by atoms with Gasteiger partial charge in [-0.2, -0.15) is 0 Å². The number of benzene rings is 2. The summed E-state index contributed by atoms with van der Waals surface area (Å²) < 4.78 is 11.2. The van der Waals surface area contributed by atoms with Crippen molar-refractivity contribution in [2.45, 2.75) is 32.6 Å². The second-order valence-electron chi connectivity index (χ2n) is 6.35. The van der Waals surface area contributed by atoms with Crippen molar-refractivity contribution in [1.82, 2.24) is 0 Å². The number of hydrogen-bond donors (Lipinski definition) is 1. The minimum absolute atomic E-state index is 0.0578. The number of amides is 1. The molecule has 142 valence electrons. The van der Waals surface area contributed by atoms with Crippen LogP contribution in [0.5, 0.6) is 11.5 Å². The SMILES string of the molecule is CCc1ccc(C(=O)CCC(=O)Nc2cc3c(cc2Cl)OCCCO3)cc1. The zero-order valence-electron chi connectivity index (χ0n) is 15.2. The Balaban J connectivity index is 1.59. The second kappa shape index (κ2) is 8.91. The number of rotatable bonds is 6. The summed E-state index contributed by atoms with van der Waals surface area (Å²) in [6.07, 6.45) is 1.93. The van der Waals surface area contributed by atoms with Crippen LogP contribution in [-0.2, 0) is 11.2 Å². The quantitative estimate of drug-likeness (QED) is 0.732. The van der Waals surface area contributed by atoms with Gasteiger partial charge in [-0.1, -0.05) is 42.8 Å². The van der Waals surface area contributed by atoms with Crippen molar-refractivity contribution < 1.29 is 19.1 Å². The van der Waals surface area contributed by atoms with Crippen LogP contribution < -0.4 is 14.8 Å². The Bertz CT molecular complexity index is 833. The molecule has 0 saturated heterocycles. The van der Waals surface area contributed by atoms with Gasteiger partial charge in [0.05, 0.1) is 23.9 Å². The number of ketones is 1. The van der Waals surface area contributed by atoms with E-state index in [4.69, 9.17) is 21.1 Å². The first-order chi connectivity index (χ1) is 13.1. The number of aryl methyl sites for hydroxylation is 1. The van der Waals surface area contributed by atoms with E-state index in [9.17, 15) is 9.59 Å². The minimum atomic E-state index is -0.273. The molecule has 1 aliphatic heterocycles. The fourth-order valence-corrected chi connectivity index (χ4v) is 2.99. The number of carbonyl (C=O) groups excluding carboxylic acids is 2. The highest BCUT2D eigenvalue weighted by molar-refractivity contribution is 6.34. The van der Waals surface area contributed by atoms with E-state index in [1.807, 2.05) is 12.1 Å². The Morgan fingerprint density at radius 2 is 1.70 bits per heavy atom. The van der Waals surface area contributed by atoms with E-state index >= 15 is 0 Å². The van der Waals surface area contributed by atoms with E-state index in [0.29, 0.717) is 41.0 Å². The zero-order chi connectivity index (χ0) is 19.2. The number of fused-ring (bicyclic) bond motifs is 1. The van der Waals surface area contributed by atoms with Crippen molar-refractivity contribution in [2.75, 3.05) is 18.5 Å². The third-order valence-electron chi connectivity index (χ3n) is 4.37. The van der Waals surface area contributed by atoms with Gasteiger partial charge in [0, 0.05) is 37.0 Å². The molecule has 0 spiro atoms. The van der Waals surface area contributed by atoms with Gasteiger partial charge >= 0.3 is 0 Å². The van der Waals surface area contributed by atoms with Crippen LogP contribution >= 0.6 is 11.6 Å². The first kappa shape index (κ1) is 19.2. The molecule has 2 aromatic rings. The topological polar surface area (TPSA) is 64.6 Å². The Morgan fingerprint density at radius 3 is 2.37 bits per heavy atom. The third-order valence-corrected chi connectivity index (χ3v) is 4.69. The average Bonchev–Trinajstić information content (AvgIpc) is 2.91. The summed E-state index contributed by atoms with van der Waals surface area (Å²) in [5.41, 5.74) is 2.24. The number of hydrogen-bond acceptors (Lipinski definition) is 4. The van der Waals surface area contributed by atoms with Gasteiger partial charge in [0.2, 0.25) is 5.91 Å². The van der Waals surface area contributed by atoms with Gasteiger partial charge in [-0.25, -0.2) is 0 Å². The summed E-state index contributed by atoms with van der Waals surface area (Å²) in [7, 11) is 0. The van der Waals surface area contributed by atoms with Crippen LogP contribution in [0.15, 0.2) is 36.4 Å². The number of ether oxygens (including phenoxy) is 2. The summed E-state index contributed by atoms with van der Waals surface area (Å²) in [6.45, 7) is 3.18.